The van der Waals surface area contributed by atoms with Crippen LogP contribution in [-0.2, 0) is 0 Å². The summed E-state index contributed by atoms with van der Waals surface area (Å²) in [6, 6.07) is 7.18. The van der Waals surface area contributed by atoms with Crippen LogP contribution in [0.4, 0.5) is 4.39 Å². The van der Waals surface area contributed by atoms with Crippen molar-refractivity contribution in [2.45, 2.75) is 36.6 Å². The molecule has 0 aromatic heterocycles. The number of hydrogen-bond acceptors (Lipinski definition) is 3. The Labute approximate surface area is 106 Å². The second-order valence-electron chi connectivity index (χ2n) is 4.64. The number of hydrazine groups is 1. The highest BCUT2D eigenvalue weighted by Crippen LogP contribution is 2.31. The monoisotopic (exact) mass is 254 g/mol. The molecule has 3 N–H and O–H groups in total. The Morgan fingerprint density at radius 3 is 2.76 bits per heavy atom. The van der Waals surface area contributed by atoms with Crippen LogP contribution in [0, 0.1) is 11.7 Å². The number of benzene rings is 1. The highest BCUT2D eigenvalue weighted by molar-refractivity contribution is 7.99. The third-order valence-corrected chi connectivity index (χ3v) is 4.57. The lowest BCUT2D eigenvalue weighted by atomic mass is 9.81. The fourth-order valence-electron chi connectivity index (χ4n) is 2.07. The largest absolute Gasteiger partial charge is 0.271 e. The molecule has 0 amide bonds. The minimum Gasteiger partial charge on any atom is -0.271 e. The van der Waals surface area contributed by atoms with Gasteiger partial charge in [0, 0.05) is 16.7 Å². The number of hydrogen-bond donors (Lipinski definition) is 2. The molecule has 2 nitrogen and oxygen atoms in total. The molecule has 2 rings (SSSR count). The molecule has 1 fully saturated rings. The first-order chi connectivity index (χ1) is 8.29. The molecule has 0 radical (unpaired) electrons. The molecule has 94 valence electrons. The number of nitrogens with two attached hydrogens (primary N) is 1. The Hall–Kier alpha value is -0.580. The second kappa shape index (κ2) is 6.38. The highest BCUT2D eigenvalue weighted by Gasteiger charge is 2.21. The van der Waals surface area contributed by atoms with Crippen molar-refractivity contribution in [3.8, 4) is 0 Å². The van der Waals surface area contributed by atoms with Gasteiger partial charge in [0.1, 0.15) is 5.82 Å². The summed E-state index contributed by atoms with van der Waals surface area (Å²) in [6.07, 6.45) is 5.10. The quantitative estimate of drug-likeness (QED) is 0.466. The van der Waals surface area contributed by atoms with Gasteiger partial charge in [0.2, 0.25) is 0 Å². The molecule has 1 unspecified atom stereocenters. The molecule has 1 aromatic rings. The molecule has 0 aliphatic heterocycles. The van der Waals surface area contributed by atoms with E-state index in [0.717, 1.165) is 18.1 Å². The van der Waals surface area contributed by atoms with Crippen LogP contribution >= 0.6 is 11.8 Å². The molecule has 0 spiro atoms. The Bertz CT molecular complexity index is 355. The smallest absolute Gasteiger partial charge is 0.136 e. The first-order valence-electron chi connectivity index (χ1n) is 6.13. The molecular weight excluding hydrogens is 235 g/mol. The van der Waals surface area contributed by atoms with Crippen LogP contribution in [-0.4, -0.2) is 11.8 Å². The van der Waals surface area contributed by atoms with Gasteiger partial charge in [0.25, 0.3) is 0 Å². The van der Waals surface area contributed by atoms with E-state index in [9.17, 15) is 4.39 Å². The zero-order valence-electron chi connectivity index (χ0n) is 9.86. The molecule has 1 saturated carbocycles. The second-order valence-corrected chi connectivity index (χ2v) is 5.70. The predicted molar refractivity (Wildman–Crippen MR) is 70.2 cm³/mol. The van der Waals surface area contributed by atoms with Gasteiger partial charge >= 0.3 is 0 Å². The molecule has 0 bridgehead atoms. The lowest BCUT2D eigenvalue weighted by Gasteiger charge is -2.29. The Morgan fingerprint density at radius 1 is 1.41 bits per heavy atom. The number of thioether (sulfide) groups is 1. The minimum absolute atomic E-state index is 0.142. The molecule has 1 atom stereocenters. The molecule has 1 aromatic carbocycles. The maximum atomic E-state index is 13.4. The topological polar surface area (TPSA) is 38.0 Å². The van der Waals surface area contributed by atoms with Gasteiger partial charge in [0.05, 0.1) is 0 Å². The minimum atomic E-state index is -0.142. The standard InChI is InChI=1S/C13H19FN2S/c14-12-6-1-2-7-13(12)17-9-11(16-15)8-10-4-3-5-10/h1-2,6-7,10-11,16H,3-5,8-9,15H2. The summed E-state index contributed by atoms with van der Waals surface area (Å²) in [4.78, 5) is 0.710. The van der Waals surface area contributed by atoms with Gasteiger partial charge in [-0.25, -0.2) is 4.39 Å². The molecule has 0 saturated heterocycles. The predicted octanol–water partition coefficient (Wildman–Crippen LogP) is 2.94. The van der Waals surface area contributed by atoms with Crippen molar-refractivity contribution in [3.05, 3.63) is 30.1 Å². The summed E-state index contributed by atoms with van der Waals surface area (Å²) in [6.45, 7) is 0. The maximum Gasteiger partial charge on any atom is 0.136 e. The van der Waals surface area contributed by atoms with Gasteiger partial charge in [-0.1, -0.05) is 31.4 Å². The summed E-state index contributed by atoms with van der Waals surface area (Å²) >= 11 is 1.54. The summed E-state index contributed by atoms with van der Waals surface area (Å²) in [5.74, 6) is 7.05. The fraction of sp³-hybridized carbons (Fsp3) is 0.538. The first kappa shape index (κ1) is 12.9. The van der Waals surface area contributed by atoms with E-state index >= 15 is 0 Å². The van der Waals surface area contributed by atoms with E-state index in [-0.39, 0.29) is 11.9 Å². The van der Waals surface area contributed by atoms with Crippen LogP contribution in [0.15, 0.2) is 29.2 Å². The van der Waals surface area contributed by atoms with Crippen molar-refractivity contribution in [1.82, 2.24) is 5.43 Å². The third kappa shape index (κ3) is 3.69. The van der Waals surface area contributed by atoms with E-state index in [0.29, 0.717) is 4.90 Å². The Morgan fingerprint density at radius 2 is 2.18 bits per heavy atom. The van der Waals surface area contributed by atoms with Gasteiger partial charge in [-0.3, -0.25) is 11.3 Å². The fourth-order valence-corrected chi connectivity index (χ4v) is 3.06. The van der Waals surface area contributed by atoms with Crippen LogP contribution in [0.2, 0.25) is 0 Å². The van der Waals surface area contributed by atoms with Gasteiger partial charge in [-0.05, 0) is 24.5 Å². The van der Waals surface area contributed by atoms with Crippen LogP contribution in [0.3, 0.4) is 0 Å². The zero-order valence-corrected chi connectivity index (χ0v) is 10.7. The van der Waals surface area contributed by atoms with Crippen molar-refractivity contribution in [2.24, 2.45) is 11.8 Å². The van der Waals surface area contributed by atoms with E-state index in [4.69, 9.17) is 5.84 Å². The van der Waals surface area contributed by atoms with E-state index in [1.165, 1.54) is 37.1 Å². The van der Waals surface area contributed by atoms with Crippen LogP contribution in [0.25, 0.3) is 0 Å². The van der Waals surface area contributed by atoms with Crippen molar-refractivity contribution in [2.75, 3.05) is 5.75 Å². The van der Waals surface area contributed by atoms with Gasteiger partial charge in [-0.15, -0.1) is 11.8 Å². The van der Waals surface area contributed by atoms with Crippen molar-refractivity contribution in [3.63, 3.8) is 0 Å². The van der Waals surface area contributed by atoms with E-state index in [1.54, 1.807) is 6.07 Å². The normalized spacial score (nSPS) is 17.8. The summed E-state index contributed by atoms with van der Waals surface area (Å²) in [5.41, 5.74) is 2.85. The van der Waals surface area contributed by atoms with Crippen molar-refractivity contribution in [1.29, 1.82) is 0 Å². The van der Waals surface area contributed by atoms with E-state index < -0.39 is 0 Å². The Kier molecular flexibility index (Phi) is 4.83. The van der Waals surface area contributed by atoms with Gasteiger partial charge < -0.3 is 0 Å². The summed E-state index contributed by atoms with van der Waals surface area (Å²) in [5, 5.41) is 0. The lowest BCUT2D eigenvalue weighted by molar-refractivity contribution is 0.268. The van der Waals surface area contributed by atoms with Crippen LogP contribution < -0.4 is 11.3 Å². The van der Waals surface area contributed by atoms with E-state index in [1.807, 2.05) is 12.1 Å². The summed E-state index contributed by atoms with van der Waals surface area (Å²) in [7, 11) is 0. The SMILES string of the molecule is NNC(CSc1ccccc1F)CC1CCC1. The van der Waals surface area contributed by atoms with Gasteiger partial charge in [-0.2, -0.15) is 0 Å². The first-order valence-corrected chi connectivity index (χ1v) is 7.11. The Balaban J connectivity index is 1.80. The molecule has 17 heavy (non-hydrogen) atoms. The van der Waals surface area contributed by atoms with Crippen molar-refractivity contribution >= 4 is 11.8 Å². The average molecular weight is 254 g/mol. The van der Waals surface area contributed by atoms with Crippen LogP contribution in [0.1, 0.15) is 25.7 Å². The van der Waals surface area contributed by atoms with E-state index in [2.05, 4.69) is 5.43 Å². The molecular formula is C13H19FN2S. The number of rotatable bonds is 6. The number of nitrogens with one attached hydrogen (secondary N) is 1. The lowest BCUT2D eigenvalue weighted by Crippen LogP contribution is -2.39. The van der Waals surface area contributed by atoms with Gasteiger partial charge in [0.15, 0.2) is 0 Å². The molecule has 4 heteroatoms. The number of halogens is 1. The summed E-state index contributed by atoms with van der Waals surface area (Å²) < 4.78 is 13.4. The molecule has 1 aliphatic rings. The molecule has 1 aliphatic carbocycles. The van der Waals surface area contributed by atoms with Crippen LogP contribution in [0.5, 0.6) is 0 Å². The maximum absolute atomic E-state index is 13.4. The average Bonchev–Trinajstić information content (AvgIpc) is 2.29. The van der Waals surface area contributed by atoms with Crippen molar-refractivity contribution < 1.29 is 4.39 Å². The molecule has 0 heterocycles. The zero-order chi connectivity index (χ0) is 12.1. The third-order valence-electron chi connectivity index (χ3n) is 3.35. The highest BCUT2D eigenvalue weighted by atomic mass is 32.2.